The van der Waals surface area contributed by atoms with Crippen LogP contribution in [0.1, 0.15) is 0 Å². The maximum atomic E-state index is 6.85. The first-order valence-electron chi connectivity index (χ1n) is 10.2. The molecule has 0 saturated heterocycles. The molecule has 21 heteroatoms. The summed E-state index contributed by atoms with van der Waals surface area (Å²) in [6, 6.07) is 0. The van der Waals surface area contributed by atoms with E-state index in [9.17, 15) is 0 Å². The minimum Gasteiger partial charge on any atom is -0.318 e. The van der Waals surface area contributed by atoms with Crippen molar-refractivity contribution < 1.29 is 9.47 Å². The summed E-state index contributed by atoms with van der Waals surface area (Å²) in [6.45, 7) is -0.481. The van der Waals surface area contributed by atoms with Gasteiger partial charge in [-0.1, -0.05) is 58.0 Å². The summed E-state index contributed by atoms with van der Waals surface area (Å²) in [4.78, 5) is -1.49. The molecule has 0 aliphatic heterocycles. The van der Waals surface area contributed by atoms with Gasteiger partial charge in [-0.2, -0.15) is 8.53 Å². The molecule has 0 saturated carbocycles. The number of ether oxygens (including phenoxy) is 2. The Bertz CT molecular complexity index is 777. The molecule has 0 heterocycles. The molecule has 0 amide bonds. The van der Waals surface area contributed by atoms with E-state index in [-0.39, 0.29) is 13.5 Å². The van der Waals surface area contributed by atoms with E-state index in [1.165, 1.54) is 0 Å². The van der Waals surface area contributed by atoms with Crippen LogP contribution in [0.5, 0.6) is 0 Å². The van der Waals surface area contributed by atoms with Crippen molar-refractivity contribution >= 4 is 120 Å². The lowest BCUT2D eigenvalue weighted by Crippen LogP contribution is -2.59. The Morgan fingerprint density at radius 2 is 0.892 bits per heavy atom. The second-order valence-electron chi connectivity index (χ2n) is 8.51. The van der Waals surface area contributed by atoms with Crippen molar-refractivity contribution in [3.8, 4) is 0 Å². The summed E-state index contributed by atoms with van der Waals surface area (Å²) >= 11 is 57.0. The van der Waals surface area contributed by atoms with Crippen LogP contribution in [-0.2, 0) is 9.47 Å². The molecule has 224 valence electrons. The average Bonchev–Trinajstić information content (AvgIpc) is 2.76. The second kappa shape index (κ2) is 15.5. The van der Waals surface area contributed by atoms with E-state index in [4.69, 9.17) is 114 Å². The van der Waals surface area contributed by atoms with Crippen LogP contribution in [0, 0.1) is 0 Å². The van der Waals surface area contributed by atoms with Crippen LogP contribution < -0.4 is 0 Å². The topological polar surface area (TPSA) is 62.6 Å². The van der Waals surface area contributed by atoms with Gasteiger partial charge in [0.2, 0.25) is 4.33 Å². The van der Waals surface area contributed by atoms with Crippen LogP contribution in [0.15, 0.2) is 8.53 Å². The highest BCUT2D eigenvalue weighted by atomic mass is 35.5. The van der Waals surface area contributed by atoms with Crippen molar-refractivity contribution in [1.82, 2.24) is 28.0 Å². The molecule has 0 aromatic carbocycles. The smallest absolute Gasteiger partial charge is 0.288 e. The van der Waals surface area contributed by atoms with Crippen molar-refractivity contribution in [2.75, 3.05) is 83.9 Å². The Kier molecular flexibility index (Phi) is 16.6. The molecule has 0 aromatic heterocycles. The van der Waals surface area contributed by atoms with E-state index in [1.807, 2.05) is 75.1 Å². The Labute approximate surface area is 266 Å². The molecule has 0 aliphatic carbocycles. The van der Waals surface area contributed by atoms with E-state index in [1.54, 1.807) is 23.4 Å². The standard InChI is InChI=1S/C16H35Cl9N8O2P2/c1-28(2)36(26-24,29(3)4)32(9)11-34-16(23,15(21,22)14(19,20)13(17)18)35-12-33(10)37(27-25,30(5)6)31(7)8/h13H,11-12H2,1-10H3. The Balaban J connectivity index is 6.54. The molecule has 0 radical (unpaired) electrons. The van der Waals surface area contributed by atoms with Crippen molar-refractivity contribution in [1.29, 1.82) is 0 Å². The van der Waals surface area contributed by atoms with Gasteiger partial charge in [0, 0.05) is 23.6 Å². The highest BCUT2D eigenvalue weighted by Gasteiger charge is 2.66. The van der Waals surface area contributed by atoms with Crippen LogP contribution in [-0.4, -0.2) is 131 Å². The summed E-state index contributed by atoms with van der Waals surface area (Å²) in [5.74, 6) is 0. The molecule has 0 rings (SSSR count). The first-order valence-corrected chi connectivity index (χ1v) is 16.8. The zero-order valence-electron chi connectivity index (χ0n) is 22.2. The van der Waals surface area contributed by atoms with E-state index in [0.29, 0.717) is 0 Å². The molecule has 0 aliphatic rings. The molecular weight excluding hydrogens is 717 g/mol. The van der Waals surface area contributed by atoms with Crippen molar-refractivity contribution in [2.45, 2.75) is 18.7 Å². The monoisotopic (exact) mass is 748 g/mol. The first-order chi connectivity index (χ1) is 16.6. The van der Waals surface area contributed by atoms with Gasteiger partial charge in [0.25, 0.3) is 5.25 Å². The maximum absolute atomic E-state index is 6.85. The van der Waals surface area contributed by atoms with Crippen LogP contribution in [0.4, 0.5) is 0 Å². The number of rotatable bonds is 15. The van der Waals surface area contributed by atoms with Crippen LogP contribution >= 0.6 is 120 Å². The van der Waals surface area contributed by atoms with E-state index in [0.717, 1.165) is 0 Å². The highest BCUT2D eigenvalue weighted by molar-refractivity contribution is 7.60. The largest absolute Gasteiger partial charge is 0.318 e. The molecular formula is C16H35Cl9N8O2P2. The molecule has 10 nitrogen and oxygen atoms in total. The summed E-state index contributed by atoms with van der Waals surface area (Å²) in [7, 11) is 12.8. The van der Waals surface area contributed by atoms with Gasteiger partial charge in [0.05, 0.1) is 0 Å². The third-order valence-electron chi connectivity index (χ3n) is 5.21. The minimum atomic E-state index is -2.61. The SMILES string of the molecule is CN(C)P(=NCl)(N(C)C)N(C)COC(Cl)(OCN(C)P(=NCl)(N(C)C)N(C)C)C(Cl)(Cl)C(Cl)(Cl)C(Cl)Cl. The fourth-order valence-corrected chi connectivity index (χ4v) is 12.4. The molecule has 0 bridgehead atoms. The quantitative estimate of drug-likeness (QED) is 0.0983. The predicted molar refractivity (Wildman–Crippen MR) is 166 cm³/mol. The third-order valence-corrected chi connectivity index (χ3v) is 17.5. The van der Waals surface area contributed by atoms with Gasteiger partial charge >= 0.3 is 0 Å². The molecule has 0 N–H and O–H groups in total. The van der Waals surface area contributed by atoms with Crippen LogP contribution in [0.3, 0.4) is 0 Å². The van der Waals surface area contributed by atoms with Gasteiger partial charge in [-0.15, -0.1) is 23.2 Å². The average molecular weight is 753 g/mol. The van der Waals surface area contributed by atoms with Crippen molar-refractivity contribution in [3.63, 3.8) is 0 Å². The zero-order valence-corrected chi connectivity index (χ0v) is 30.8. The van der Waals surface area contributed by atoms with Crippen LogP contribution in [0.2, 0.25) is 0 Å². The first kappa shape index (κ1) is 39.8. The molecule has 0 unspecified atom stereocenters. The summed E-state index contributed by atoms with van der Waals surface area (Å²) in [5.41, 5.74) is 0. The fourth-order valence-electron chi connectivity index (χ4n) is 3.39. The normalized spacial score (nSPS) is 14.9. The second-order valence-corrected chi connectivity index (χ2v) is 20.7. The third kappa shape index (κ3) is 8.03. The predicted octanol–water partition coefficient (Wildman–Crippen LogP) is 7.29. The molecule has 0 aromatic rings. The van der Waals surface area contributed by atoms with E-state index >= 15 is 0 Å². The minimum absolute atomic E-state index is 0.241. The lowest BCUT2D eigenvalue weighted by Gasteiger charge is -2.47. The lowest BCUT2D eigenvalue weighted by atomic mass is 10.3. The van der Waals surface area contributed by atoms with Crippen molar-refractivity contribution in [3.05, 3.63) is 0 Å². The van der Waals surface area contributed by atoms with E-state index < -0.39 is 33.8 Å². The number of halogens is 9. The molecule has 0 fully saturated rings. The number of nitrogens with zero attached hydrogens (tertiary/aromatic N) is 8. The number of hydrogen-bond acceptors (Lipinski definition) is 4. The fraction of sp³-hybridized carbons (Fsp3) is 1.00. The molecule has 37 heavy (non-hydrogen) atoms. The highest BCUT2D eigenvalue weighted by Crippen LogP contribution is 2.60. The molecule has 0 spiro atoms. The Hall–Kier alpha value is 2.75. The number of hydrogen-bond donors (Lipinski definition) is 0. The maximum Gasteiger partial charge on any atom is 0.288 e. The van der Waals surface area contributed by atoms with Gasteiger partial charge in [0.1, 0.15) is 18.3 Å². The molecule has 0 atom stereocenters. The van der Waals surface area contributed by atoms with Crippen molar-refractivity contribution in [2.24, 2.45) is 8.53 Å². The zero-order chi connectivity index (χ0) is 29.8. The Morgan fingerprint density at radius 1 is 0.622 bits per heavy atom. The summed E-state index contributed by atoms with van der Waals surface area (Å²) in [6.07, 6.45) is 0. The number of alkyl halides is 7. The van der Waals surface area contributed by atoms with E-state index in [2.05, 4.69) is 8.53 Å². The Morgan fingerprint density at radius 3 is 1.08 bits per heavy atom. The summed E-state index contributed by atoms with van der Waals surface area (Å²) < 4.78 is 26.3. The van der Waals surface area contributed by atoms with Gasteiger partial charge in [-0.05, 0) is 70.5 Å². The van der Waals surface area contributed by atoms with Gasteiger partial charge in [0.15, 0.2) is 19.3 Å². The van der Waals surface area contributed by atoms with Gasteiger partial charge in [-0.3, -0.25) is 18.7 Å². The van der Waals surface area contributed by atoms with Gasteiger partial charge in [-0.25, -0.2) is 9.34 Å². The lowest BCUT2D eigenvalue weighted by molar-refractivity contribution is -0.210. The van der Waals surface area contributed by atoms with Gasteiger partial charge < -0.3 is 9.47 Å². The van der Waals surface area contributed by atoms with Crippen LogP contribution in [0.25, 0.3) is 0 Å². The summed E-state index contributed by atoms with van der Waals surface area (Å²) in [5, 5.41) is -2.41.